The molecule has 0 saturated heterocycles. The lowest BCUT2D eigenvalue weighted by Crippen LogP contribution is -2.36. The third-order valence-electron chi connectivity index (χ3n) is 5.67. The minimum absolute atomic E-state index is 0.110. The number of ether oxygens (including phenoxy) is 4. The minimum atomic E-state index is -0.585. The Morgan fingerprint density at radius 1 is 1.00 bits per heavy atom. The van der Waals surface area contributed by atoms with Gasteiger partial charge in [0.1, 0.15) is 12.4 Å². The fraction of sp³-hybridized carbons (Fsp3) is 0.292. The van der Waals surface area contributed by atoms with Crippen LogP contribution in [0, 0.1) is 0 Å². The number of aromatic nitrogens is 1. The third-order valence-corrected chi connectivity index (χ3v) is 6.75. The summed E-state index contributed by atoms with van der Waals surface area (Å²) in [5.41, 5.74) is 1.33. The van der Waals surface area contributed by atoms with E-state index in [-0.39, 0.29) is 23.7 Å². The molecule has 10 heteroatoms. The van der Waals surface area contributed by atoms with Gasteiger partial charge < -0.3 is 18.9 Å². The SMILES string of the molecule is COC(=O)Cn1c2c(sc1=O)[C@@H](c1cc(OC)c(OC)c(OC)c1)CC(=O)N2c1ccccc1. The second-order valence-electron chi connectivity index (χ2n) is 7.50. The van der Waals surface area contributed by atoms with Gasteiger partial charge in [0.05, 0.1) is 39.0 Å². The Morgan fingerprint density at radius 3 is 2.21 bits per heavy atom. The molecule has 0 bridgehead atoms. The van der Waals surface area contributed by atoms with Crippen molar-refractivity contribution in [2.75, 3.05) is 33.3 Å². The van der Waals surface area contributed by atoms with E-state index < -0.39 is 11.9 Å². The molecule has 1 atom stereocenters. The minimum Gasteiger partial charge on any atom is -0.493 e. The summed E-state index contributed by atoms with van der Waals surface area (Å²) in [6, 6.07) is 12.6. The van der Waals surface area contributed by atoms with Gasteiger partial charge in [-0.15, -0.1) is 0 Å². The van der Waals surface area contributed by atoms with Crippen molar-refractivity contribution in [1.82, 2.24) is 4.57 Å². The van der Waals surface area contributed by atoms with Crippen molar-refractivity contribution < 1.29 is 28.5 Å². The maximum atomic E-state index is 13.5. The van der Waals surface area contributed by atoms with Crippen LogP contribution in [0.4, 0.5) is 11.5 Å². The largest absolute Gasteiger partial charge is 0.493 e. The van der Waals surface area contributed by atoms with Crippen LogP contribution in [0.1, 0.15) is 22.8 Å². The Bertz CT molecular complexity index is 1260. The van der Waals surface area contributed by atoms with E-state index in [4.69, 9.17) is 18.9 Å². The van der Waals surface area contributed by atoms with E-state index in [1.165, 1.54) is 37.9 Å². The number of amides is 1. The van der Waals surface area contributed by atoms with Crippen molar-refractivity contribution >= 4 is 34.7 Å². The van der Waals surface area contributed by atoms with Crippen molar-refractivity contribution in [2.24, 2.45) is 0 Å². The topological polar surface area (TPSA) is 96.3 Å². The van der Waals surface area contributed by atoms with Crippen LogP contribution >= 0.6 is 11.3 Å². The van der Waals surface area contributed by atoms with E-state index >= 15 is 0 Å². The quantitative estimate of drug-likeness (QED) is 0.475. The number of thiazole rings is 1. The second kappa shape index (κ2) is 9.60. The van der Waals surface area contributed by atoms with Gasteiger partial charge in [-0.25, -0.2) is 0 Å². The van der Waals surface area contributed by atoms with Crippen LogP contribution < -0.4 is 24.0 Å². The molecule has 3 aromatic rings. The number of fused-ring (bicyclic) bond motifs is 1. The summed E-state index contributed by atoms with van der Waals surface area (Å²) >= 11 is 1.00. The van der Waals surface area contributed by atoms with Gasteiger partial charge in [-0.1, -0.05) is 29.5 Å². The number of nitrogens with zero attached hydrogens (tertiary/aromatic N) is 2. The second-order valence-corrected chi connectivity index (χ2v) is 8.49. The van der Waals surface area contributed by atoms with E-state index in [0.717, 1.165) is 16.9 Å². The standard InChI is InChI=1S/C24H24N2O7S/c1-30-17-10-14(11-18(31-2)21(17)33-4)16-12-19(27)26(15-8-6-5-7-9-15)23-22(16)34-24(29)25(23)13-20(28)32-3/h5-11,16H,12-13H2,1-4H3/t16-/m1/s1. The number of carbonyl (C=O) groups is 2. The normalized spacial score (nSPS) is 15.0. The van der Waals surface area contributed by atoms with Crippen molar-refractivity contribution in [1.29, 1.82) is 0 Å². The number of esters is 1. The lowest BCUT2D eigenvalue weighted by molar-refractivity contribution is -0.141. The summed E-state index contributed by atoms with van der Waals surface area (Å²) in [4.78, 5) is 40.4. The van der Waals surface area contributed by atoms with Gasteiger partial charge in [-0.3, -0.25) is 23.9 Å². The highest BCUT2D eigenvalue weighted by Gasteiger charge is 2.39. The van der Waals surface area contributed by atoms with Gasteiger partial charge in [0, 0.05) is 12.3 Å². The fourth-order valence-electron chi connectivity index (χ4n) is 4.10. The molecular formula is C24H24N2O7S. The monoisotopic (exact) mass is 484 g/mol. The number of hydrogen-bond donors (Lipinski definition) is 0. The Kier molecular flexibility index (Phi) is 6.60. The molecule has 2 heterocycles. The van der Waals surface area contributed by atoms with Crippen LogP contribution in [0.5, 0.6) is 17.2 Å². The van der Waals surface area contributed by atoms with Crippen LogP contribution in [0.3, 0.4) is 0 Å². The summed E-state index contributed by atoms with van der Waals surface area (Å²) < 4.78 is 22.5. The number of carbonyl (C=O) groups excluding carboxylic acids is 2. The van der Waals surface area contributed by atoms with Gasteiger partial charge in [0.15, 0.2) is 11.5 Å². The van der Waals surface area contributed by atoms with E-state index in [9.17, 15) is 14.4 Å². The van der Waals surface area contributed by atoms with Gasteiger partial charge in [0.25, 0.3) is 0 Å². The zero-order valence-electron chi connectivity index (χ0n) is 19.2. The molecule has 2 aromatic carbocycles. The first-order valence-corrected chi connectivity index (χ1v) is 11.2. The zero-order valence-corrected chi connectivity index (χ0v) is 20.0. The van der Waals surface area contributed by atoms with Crippen molar-refractivity contribution in [2.45, 2.75) is 18.9 Å². The summed E-state index contributed by atoms with van der Waals surface area (Å²) in [6.07, 6.45) is 0.110. The number of benzene rings is 2. The van der Waals surface area contributed by atoms with Gasteiger partial charge in [0.2, 0.25) is 11.7 Å². The number of anilines is 2. The van der Waals surface area contributed by atoms with E-state index in [0.29, 0.717) is 33.6 Å². The van der Waals surface area contributed by atoms with Crippen molar-refractivity contribution in [3.8, 4) is 17.2 Å². The molecule has 1 aliphatic rings. The number of hydrogen-bond acceptors (Lipinski definition) is 8. The van der Waals surface area contributed by atoms with E-state index in [1.54, 1.807) is 24.3 Å². The maximum Gasteiger partial charge on any atom is 0.325 e. The van der Waals surface area contributed by atoms with Crippen LogP contribution in [0.2, 0.25) is 0 Å². The molecule has 0 spiro atoms. The lowest BCUT2D eigenvalue weighted by Gasteiger charge is -2.33. The van der Waals surface area contributed by atoms with Gasteiger partial charge in [-0.2, -0.15) is 0 Å². The molecule has 0 saturated carbocycles. The fourth-order valence-corrected chi connectivity index (χ4v) is 5.20. The van der Waals surface area contributed by atoms with Gasteiger partial charge >= 0.3 is 10.8 Å². The highest BCUT2D eigenvalue weighted by molar-refractivity contribution is 7.10. The van der Waals surface area contributed by atoms with Crippen LogP contribution in [0.25, 0.3) is 0 Å². The Labute approximate surface area is 200 Å². The smallest absolute Gasteiger partial charge is 0.325 e. The summed E-state index contributed by atoms with van der Waals surface area (Å²) in [7, 11) is 5.80. The molecule has 0 N–H and O–H groups in total. The molecule has 1 aromatic heterocycles. The van der Waals surface area contributed by atoms with Crippen LogP contribution in [0.15, 0.2) is 47.3 Å². The third kappa shape index (κ3) is 4.01. The zero-order chi connectivity index (χ0) is 24.4. The summed E-state index contributed by atoms with van der Waals surface area (Å²) in [6.45, 7) is -0.306. The average Bonchev–Trinajstić information content (AvgIpc) is 3.18. The molecule has 0 radical (unpaired) electrons. The summed E-state index contributed by atoms with van der Waals surface area (Å²) in [5, 5.41) is 0. The highest BCUT2D eigenvalue weighted by Crippen LogP contribution is 2.48. The predicted octanol–water partition coefficient (Wildman–Crippen LogP) is 3.31. The van der Waals surface area contributed by atoms with Crippen molar-refractivity contribution in [3.05, 3.63) is 62.6 Å². The molecule has 178 valence electrons. The molecular weight excluding hydrogens is 460 g/mol. The average molecular weight is 485 g/mol. The Balaban J connectivity index is 1.94. The molecule has 0 aliphatic carbocycles. The Morgan fingerprint density at radius 2 is 1.65 bits per heavy atom. The molecule has 4 rings (SSSR count). The molecule has 0 unspecified atom stereocenters. The van der Waals surface area contributed by atoms with Crippen LogP contribution in [-0.2, 0) is 20.9 Å². The number of rotatable bonds is 7. The molecule has 0 fully saturated rings. The number of methoxy groups -OCH3 is 4. The molecule has 34 heavy (non-hydrogen) atoms. The van der Waals surface area contributed by atoms with E-state index in [1.807, 2.05) is 18.2 Å². The molecule has 1 amide bonds. The highest BCUT2D eigenvalue weighted by atomic mass is 32.1. The lowest BCUT2D eigenvalue weighted by atomic mass is 9.90. The number of para-hydroxylation sites is 1. The molecule has 1 aliphatic heterocycles. The predicted molar refractivity (Wildman–Crippen MR) is 127 cm³/mol. The first-order valence-electron chi connectivity index (χ1n) is 10.4. The van der Waals surface area contributed by atoms with Gasteiger partial charge in [-0.05, 0) is 29.8 Å². The maximum absolute atomic E-state index is 13.5. The van der Waals surface area contributed by atoms with E-state index in [2.05, 4.69) is 0 Å². The van der Waals surface area contributed by atoms with Crippen LogP contribution in [-0.4, -0.2) is 44.9 Å². The first kappa shape index (κ1) is 23.4. The first-order chi connectivity index (χ1) is 16.4. The van der Waals surface area contributed by atoms with Crippen molar-refractivity contribution in [3.63, 3.8) is 0 Å². The summed E-state index contributed by atoms with van der Waals surface area (Å²) in [5.74, 6) is 0.426. The Hall–Kier alpha value is -3.79. The molecule has 9 nitrogen and oxygen atoms in total.